The molecule has 1 atom stereocenters. The van der Waals surface area contributed by atoms with Gasteiger partial charge in [0.05, 0.1) is 25.2 Å². The summed E-state index contributed by atoms with van der Waals surface area (Å²) in [5, 5.41) is 14.3. The number of carbonyl (C=O) groups is 3. The maximum Gasteiger partial charge on any atom is 1.00 e. The minimum absolute atomic E-state index is 0. The number of hydrogen-bond donors (Lipinski definition) is 1. The van der Waals surface area contributed by atoms with Crippen LogP contribution in [0.2, 0.25) is 0 Å². The van der Waals surface area contributed by atoms with Crippen molar-refractivity contribution in [1.82, 2.24) is 10.2 Å². The van der Waals surface area contributed by atoms with Crippen molar-refractivity contribution < 1.29 is 47.8 Å². The van der Waals surface area contributed by atoms with E-state index in [1.54, 1.807) is 17.0 Å². The molecule has 8 nitrogen and oxygen atoms in total. The molecule has 1 N–H and O–H groups in total. The van der Waals surface area contributed by atoms with Gasteiger partial charge in [-0.15, -0.1) is 0 Å². The third kappa shape index (κ3) is 9.50. The van der Waals surface area contributed by atoms with Gasteiger partial charge in [0.2, 0.25) is 0 Å². The average molecular weight is 595 g/mol. The topological polar surface area (TPSA) is 108 Å². The van der Waals surface area contributed by atoms with Crippen molar-refractivity contribution in [2.24, 2.45) is 0 Å². The Labute approximate surface area is 269 Å². The minimum Gasteiger partial charge on any atom is -0.548 e. The molecule has 10 heteroatoms. The summed E-state index contributed by atoms with van der Waals surface area (Å²) in [4.78, 5) is 39.2. The summed E-state index contributed by atoms with van der Waals surface area (Å²) in [5.41, 5.74) is 5.40. The predicted octanol–water partition coefficient (Wildman–Crippen LogP) is 1.71. The van der Waals surface area contributed by atoms with Crippen molar-refractivity contribution in [2.75, 3.05) is 25.2 Å². The average Bonchev–Trinajstić information content (AvgIpc) is 3.47. The van der Waals surface area contributed by atoms with E-state index < -0.39 is 24.0 Å². The fourth-order valence-electron chi connectivity index (χ4n) is 4.73. The van der Waals surface area contributed by atoms with Crippen molar-refractivity contribution >= 4 is 29.7 Å². The number of rotatable bonds is 13. The molecule has 1 aliphatic rings. The molecule has 0 saturated carbocycles. The molecular formula is C33H35LiN2O6S. The van der Waals surface area contributed by atoms with E-state index in [-0.39, 0.29) is 45.1 Å². The zero-order valence-electron chi connectivity index (χ0n) is 24.8. The number of nitrogens with zero attached hydrogens (tertiary/aromatic N) is 1. The molecule has 0 aliphatic carbocycles. The Balaban J connectivity index is 0.00000506. The Morgan fingerprint density at radius 3 is 2.42 bits per heavy atom. The van der Waals surface area contributed by atoms with E-state index in [1.165, 1.54) is 11.8 Å². The number of carboxylic acids is 1. The third-order valence-electron chi connectivity index (χ3n) is 6.99. The van der Waals surface area contributed by atoms with Crippen molar-refractivity contribution in [3.8, 4) is 11.1 Å². The van der Waals surface area contributed by atoms with E-state index >= 15 is 0 Å². The van der Waals surface area contributed by atoms with Gasteiger partial charge in [-0.1, -0.05) is 66.7 Å². The van der Waals surface area contributed by atoms with Crippen LogP contribution in [0, 0.1) is 6.92 Å². The first-order chi connectivity index (χ1) is 20.4. The van der Waals surface area contributed by atoms with E-state index in [4.69, 9.17) is 9.47 Å². The maximum absolute atomic E-state index is 13.3. The van der Waals surface area contributed by atoms with Crippen LogP contribution >= 0.6 is 11.8 Å². The molecule has 0 fully saturated rings. The van der Waals surface area contributed by atoms with Gasteiger partial charge in [-0.3, -0.25) is 9.69 Å². The summed E-state index contributed by atoms with van der Waals surface area (Å²) < 4.78 is 11.5. The van der Waals surface area contributed by atoms with Crippen LogP contribution < -0.4 is 29.3 Å². The van der Waals surface area contributed by atoms with E-state index in [1.807, 2.05) is 79.9 Å². The molecule has 0 bridgehead atoms. The van der Waals surface area contributed by atoms with Crippen LogP contribution in [0.25, 0.3) is 11.1 Å². The molecule has 0 aromatic heterocycles. The Hall–Kier alpha value is -3.48. The Kier molecular flexibility index (Phi) is 13.4. The van der Waals surface area contributed by atoms with Crippen molar-refractivity contribution in [3.05, 3.63) is 107 Å². The van der Waals surface area contributed by atoms with Gasteiger partial charge in [0.1, 0.15) is 6.61 Å². The number of hydrogen-bond acceptors (Lipinski definition) is 7. The van der Waals surface area contributed by atoms with Crippen LogP contribution in [0.15, 0.2) is 84.6 Å². The maximum atomic E-state index is 13.3. The van der Waals surface area contributed by atoms with Gasteiger partial charge in [0.15, 0.2) is 0 Å². The van der Waals surface area contributed by atoms with E-state index in [2.05, 4.69) is 5.32 Å². The molecular weight excluding hydrogens is 559 g/mol. The minimum atomic E-state index is -1.31. The van der Waals surface area contributed by atoms with Crippen LogP contribution in [0.4, 0.5) is 4.79 Å². The first-order valence-electron chi connectivity index (χ1n) is 13.8. The van der Waals surface area contributed by atoms with Gasteiger partial charge >= 0.3 is 25.0 Å². The quantitative estimate of drug-likeness (QED) is 0.300. The first-order valence-corrected chi connectivity index (χ1v) is 15.2. The smallest absolute Gasteiger partial charge is 0.548 e. The molecule has 0 unspecified atom stereocenters. The number of carbonyl (C=O) groups excluding carboxylic acids is 3. The molecule has 3 aromatic carbocycles. The second-order valence-corrected chi connectivity index (χ2v) is 11.0. The number of ether oxygens (including phenoxy) is 2. The molecule has 0 spiro atoms. The SMILES string of the molecule is CSCC[C@H](NC(=O)c1ccc(COCC2=CCCN2C(=O)OCc2ccccc2)cc1-c1ccccc1C)C(=O)[O-].[Li+]. The van der Waals surface area contributed by atoms with E-state index in [0.717, 1.165) is 34.4 Å². The Morgan fingerprint density at radius 1 is 0.953 bits per heavy atom. The second kappa shape index (κ2) is 17.0. The predicted molar refractivity (Wildman–Crippen MR) is 162 cm³/mol. The zero-order chi connectivity index (χ0) is 29.9. The number of amides is 2. The molecule has 0 radical (unpaired) electrons. The van der Waals surface area contributed by atoms with Gasteiger partial charge in [0, 0.05) is 17.8 Å². The zero-order valence-corrected chi connectivity index (χ0v) is 25.7. The van der Waals surface area contributed by atoms with Crippen LogP contribution in [-0.4, -0.2) is 54.1 Å². The van der Waals surface area contributed by atoms with Crippen molar-refractivity contribution in [3.63, 3.8) is 0 Å². The summed E-state index contributed by atoms with van der Waals surface area (Å²) in [5.74, 6) is -1.20. The Bertz CT molecular complexity index is 1430. The van der Waals surface area contributed by atoms with E-state index in [9.17, 15) is 19.5 Å². The molecule has 2 amide bonds. The first kappa shape index (κ1) is 34.0. The third-order valence-corrected chi connectivity index (χ3v) is 7.63. The summed E-state index contributed by atoms with van der Waals surface area (Å²) in [7, 11) is 0. The molecule has 43 heavy (non-hydrogen) atoms. The molecule has 4 rings (SSSR count). The van der Waals surface area contributed by atoms with Crippen LogP contribution in [0.3, 0.4) is 0 Å². The molecule has 0 saturated heterocycles. The normalized spacial score (nSPS) is 13.1. The molecule has 1 aliphatic heterocycles. The fourth-order valence-corrected chi connectivity index (χ4v) is 5.20. The summed E-state index contributed by atoms with van der Waals surface area (Å²) in [6.45, 7) is 3.18. The fraction of sp³-hybridized carbons (Fsp3) is 0.303. The molecule has 220 valence electrons. The van der Waals surface area contributed by atoms with Crippen LogP contribution in [-0.2, 0) is 27.5 Å². The largest absolute Gasteiger partial charge is 1.00 e. The van der Waals surface area contributed by atoms with Crippen molar-refractivity contribution in [2.45, 2.75) is 39.0 Å². The number of carboxylic acid groups (broad SMARTS) is 1. The standard InChI is InChI=1S/C33H36N2O6S.Li/c1-23-9-6-7-13-27(23)29-19-25(14-15-28(29)31(36)34-30(32(37)38)16-18-42-2)20-40-22-26-12-8-17-35(26)33(39)41-21-24-10-4-3-5-11-24;/h3-7,9-15,19,30H,8,16-18,20-22H2,1-2H3,(H,34,36)(H,37,38);/q;+1/p-1/t30-;/m0./s1. The number of benzene rings is 3. The van der Waals surface area contributed by atoms with Crippen molar-refractivity contribution in [1.29, 1.82) is 0 Å². The summed E-state index contributed by atoms with van der Waals surface area (Å²) in [6.07, 6.45) is 4.44. The number of nitrogens with one attached hydrogen (secondary N) is 1. The second-order valence-electron chi connectivity index (χ2n) is 9.99. The van der Waals surface area contributed by atoms with Crippen LogP contribution in [0.1, 0.15) is 39.9 Å². The molecule has 3 aromatic rings. The number of thioether (sulfide) groups is 1. The van der Waals surface area contributed by atoms with Gasteiger partial charge in [-0.25, -0.2) is 4.79 Å². The van der Waals surface area contributed by atoms with E-state index in [0.29, 0.717) is 23.4 Å². The Morgan fingerprint density at radius 2 is 1.70 bits per heavy atom. The summed E-state index contributed by atoms with van der Waals surface area (Å²) in [6, 6.07) is 21.5. The number of aliphatic carboxylic acids is 1. The van der Waals surface area contributed by atoms with Gasteiger partial charge in [0.25, 0.3) is 5.91 Å². The molecule has 1 heterocycles. The monoisotopic (exact) mass is 594 g/mol. The van der Waals surface area contributed by atoms with Gasteiger partial charge in [-0.2, -0.15) is 11.8 Å². The van der Waals surface area contributed by atoms with Gasteiger partial charge < -0.3 is 24.7 Å². The van der Waals surface area contributed by atoms with Gasteiger partial charge in [-0.05, 0) is 71.7 Å². The van der Waals surface area contributed by atoms with Crippen LogP contribution in [0.5, 0.6) is 0 Å². The number of aryl methyl sites for hydroxylation is 1. The summed E-state index contributed by atoms with van der Waals surface area (Å²) >= 11 is 1.50.